The van der Waals surface area contributed by atoms with E-state index in [1.807, 2.05) is 30.6 Å². The number of anilines is 1. The topological polar surface area (TPSA) is 55.0 Å². The van der Waals surface area contributed by atoms with E-state index in [2.05, 4.69) is 27.0 Å². The third-order valence-electron chi connectivity index (χ3n) is 3.14. The summed E-state index contributed by atoms with van der Waals surface area (Å²) in [6.07, 6.45) is 4.68. The fourth-order valence-corrected chi connectivity index (χ4v) is 2.11. The van der Waals surface area contributed by atoms with E-state index in [-0.39, 0.29) is 6.04 Å². The molecule has 2 N–H and O–H groups in total. The first kappa shape index (κ1) is 11.2. The summed E-state index contributed by atoms with van der Waals surface area (Å²) in [6, 6.07) is 10.6. The van der Waals surface area contributed by atoms with Crippen LogP contribution >= 0.6 is 0 Å². The van der Waals surface area contributed by atoms with Gasteiger partial charge in [0.25, 0.3) is 0 Å². The van der Waals surface area contributed by atoms with E-state index in [1.165, 1.54) is 5.56 Å². The quantitative estimate of drug-likeness (QED) is 0.876. The molecule has 2 heterocycles. The maximum Gasteiger partial charge on any atom is 0.225 e. The molecule has 0 amide bonds. The Morgan fingerprint density at radius 3 is 2.33 bits per heavy atom. The van der Waals surface area contributed by atoms with Gasteiger partial charge >= 0.3 is 0 Å². The number of aromatic nitrogens is 2. The van der Waals surface area contributed by atoms with Crippen LogP contribution in [-0.4, -0.2) is 29.1 Å². The van der Waals surface area contributed by atoms with E-state index in [9.17, 15) is 0 Å². The van der Waals surface area contributed by atoms with Gasteiger partial charge in [0, 0.05) is 37.9 Å². The number of hydrogen-bond donors (Lipinski definition) is 1. The standard InChI is InChI=1S/C14H16N4/c15-13-9-18(10-13)14-16-7-12(8-17-14)6-11-4-2-1-3-5-11/h1-5,7-8,13H,6,9-10,15H2. The van der Waals surface area contributed by atoms with Gasteiger partial charge in [-0.1, -0.05) is 30.3 Å². The van der Waals surface area contributed by atoms with Crippen molar-refractivity contribution in [3.05, 3.63) is 53.9 Å². The van der Waals surface area contributed by atoms with E-state index in [4.69, 9.17) is 5.73 Å². The number of nitrogens with two attached hydrogens (primary N) is 1. The molecule has 1 aromatic heterocycles. The summed E-state index contributed by atoms with van der Waals surface area (Å²) in [6.45, 7) is 1.72. The maximum atomic E-state index is 5.74. The van der Waals surface area contributed by atoms with Crippen molar-refractivity contribution in [1.82, 2.24) is 9.97 Å². The Morgan fingerprint density at radius 2 is 1.72 bits per heavy atom. The van der Waals surface area contributed by atoms with Crippen molar-refractivity contribution in [2.45, 2.75) is 12.5 Å². The lowest BCUT2D eigenvalue weighted by molar-refractivity contribution is 0.508. The number of hydrogen-bond acceptors (Lipinski definition) is 4. The predicted molar refractivity (Wildman–Crippen MR) is 71.5 cm³/mol. The SMILES string of the molecule is NC1CN(c2ncc(Cc3ccccc3)cn2)C1. The maximum absolute atomic E-state index is 5.74. The Hall–Kier alpha value is -1.94. The summed E-state index contributed by atoms with van der Waals surface area (Å²) in [7, 11) is 0. The van der Waals surface area contributed by atoms with Crippen molar-refractivity contribution >= 4 is 5.95 Å². The zero-order chi connectivity index (χ0) is 12.4. The summed E-state index contributed by atoms with van der Waals surface area (Å²) in [5.41, 5.74) is 8.15. The third kappa shape index (κ3) is 2.33. The minimum atomic E-state index is 0.276. The molecule has 18 heavy (non-hydrogen) atoms. The molecule has 0 saturated carbocycles. The van der Waals surface area contributed by atoms with E-state index in [1.54, 1.807) is 0 Å². The molecular formula is C14H16N4. The summed E-state index contributed by atoms with van der Waals surface area (Å²) in [5, 5.41) is 0. The molecule has 0 radical (unpaired) electrons. The highest BCUT2D eigenvalue weighted by Gasteiger charge is 2.24. The molecule has 0 aliphatic carbocycles. The van der Waals surface area contributed by atoms with Gasteiger partial charge in [0.15, 0.2) is 0 Å². The zero-order valence-electron chi connectivity index (χ0n) is 10.2. The van der Waals surface area contributed by atoms with Gasteiger partial charge in [-0.2, -0.15) is 0 Å². The highest BCUT2D eigenvalue weighted by molar-refractivity contribution is 5.35. The Bertz CT molecular complexity index is 503. The lowest BCUT2D eigenvalue weighted by Gasteiger charge is -2.36. The number of benzene rings is 1. The summed E-state index contributed by atoms with van der Waals surface area (Å²) in [4.78, 5) is 10.9. The predicted octanol–water partition coefficient (Wildman–Crippen LogP) is 1.21. The van der Waals surface area contributed by atoms with Gasteiger partial charge in [-0.25, -0.2) is 9.97 Å². The van der Waals surface area contributed by atoms with Crippen molar-refractivity contribution in [2.75, 3.05) is 18.0 Å². The molecule has 1 saturated heterocycles. The van der Waals surface area contributed by atoms with Crippen LogP contribution in [0.2, 0.25) is 0 Å². The molecule has 92 valence electrons. The van der Waals surface area contributed by atoms with Gasteiger partial charge in [0.1, 0.15) is 0 Å². The highest BCUT2D eigenvalue weighted by atomic mass is 15.3. The molecule has 3 rings (SSSR count). The van der Waals surface area contributed by atoms with Crippen molar-refractivity contribution < 1.29 is 0 Å². The molecule has 4 heteroatoms. The molecule has 2 aromatic rings. The summed E-state index contributed by atoms with van der Waals surface area (Å²) >= 11 is 0. The van der Waals surface area contributed by atoms with Crippen LogP contribution in [0.5, 0.6) is 0 Å². The van der Waals surface area contributed by atoms with Gasteiger partial charge in [-0.05, 0) is 11.1 Å². The van der Waals surface area contributed by atoms with Crippen LogP contribution in [0.4, 0.5) is 5.95 Å². The smallest absolute Gasteiger partial charge is 0.225 e. The second-order valence-corrected chi connectivity index (χ2v) is 4.72. The van der Waals surface area contributed by atoms with Crippen molar-refractivity contribution in [3.8, 4) is 0 Å². The Morgan fingerprint density at radius 1 is 1.06 bits per heavy atom. The van der Waals surface area contributed by atoms with E-state index < -0.39 is 0 Å². The van der Waals surface area contributed by atoms with Crippen LogP contribution in [-0.2, 0) is 6.42 Å². The number of rotatable bonds is 3. The summed E-state index contributed by atoms with van der Waals surface area (Å²) in [5.74, 6) is 0.786. The van der Waals surface area contributed by atoms with E-state index >= 15 is 0 Å². The summed E-state index contributed by atoms with van der Waals surface area (Å²) < 4.78 is 0. The van der Waals surface area contributed by atoms with Crippen LogP contribution in [0.3, 0.4) is 0 Å². The third-order valence-corrected chi connectivity index (χ3v) is 3.14. The molecule has 0 spiro atoms. The molecule has 4 nitrogen and oxygen atoms in total. The fraction of sp³-hybridized carbons (Fsp3) is 0.286. The average molecular weight is 240 g/mol. The highest BCUT2D eigenvalue weighted by Crippen LogP contribution is 2.15. The van der Waals surface area contributed by atoms with Crippen LogP contribution in [0.15, 0.2) is 42.7 Å². The van der Waals surface area contributed by atoms with E-state index in [0.29, 0.717) is 0 Å². The average Bonchev–Trinajstić information content (AvgIpc) is 2.38. The first-order valence-corrected chi connectivity index (χ1v) is 6.16. The van der Waals surface area contributed by atoms with Crippen LogP contribution in [0, 0.1) is 0 Å². The largest absolute Gasteiger partial charge is 0.338 e. The molecule has 1 fully saturated rings. The molecule has 1 aliphatic heterocycles. The molecule has 0 atom stereocenters. The van der Waals surface area contributed by atoms with Gasteiger partial charge in [-0.3, -0.25) is 0 Å². The first-order chi connectivity index (χ1) is 8.81. The first-order valence-electron chi connectivity index (χ1n) is 6.16. The lowest BCUT2D eigenvalue weighted by atomic mass is 10.1. The van der Waals surface area contributed by atoms with Gasteiger partial charge in [-0.15, -0.1) is 0 Å². The Balaban J connectivity index is 1.68. The normalized spacial score (nSPS) is 15.5. The second-order valence-electron chi connectivity index (χ2n) is 4.72. The number of nitrogens with zero attached hydrogens (tertiary/aromatic N) is 3. The minimum absolute atomic E-state index is 0.276. The van der Waals surface area contributed by atoms with Crippen LogP contribution in [0.1, 0.15) is 11.1 Å². The zero-order valence-corrected chi connectivity index (χ0v) is 10.2. The molecule has 1 aliphatic rings. The lowest BCUT2D eigenvalue weighted by Crippen LogP contribution is -2.56. The Labute approximate surface area is 106 Å². The van der Waals surface area contributed by atoms with Crippen LogP contribution in [0.25, 0.3) is 0 Å². The van der Waals surface area contributed by atoms with Gasteiger partial charge in [0.05, 0.1) is 0 Å². The molecular weight excluding hydrogens is 224 g/mol. The van der Waals surface area contributed by atoms with Crippen LogP contribution < -0.4 is 10.6 Å². The van der Waals surface area contributed by atoms with Gasteiger partial charge < -0.3 is 10.6 Å². The second kappa shape index (κ2) is 4.74. The van der Waals surface area contributed by atoms with Gasteiger partial charge in [0.2, 0.25) is 5.95 Å². The fourth-order valence-electron chi connectivity index (χ4n) is 2.11. The molecule has 1 aromatic carbocycles. The molecule has 0 unspecified atom stereocenters. The minimum Gasteiger partial charge on any atom is -0.338 e. The monoisotopic (exact) mass is 240 g/mol. The molecule has 0 bridgehead atoms. The van der Waals surface area contributed by atoms with Crippen molar-refractivity contribution in [1.29, 1.82) is 0 Å². The van der Waals surface area contributed by atoms with Crippen molar-refractivity contribution in [3.63, 3.8) is 0 Å². The van der Waals surface area contributed by atoms with E-state index in [0.717, 1.165) is 31.0 Å². The Kier molecular flexibility index (Phi) is 2.94. The van der Waals surface area contributed by atoms with Crippen molar-refractivity contribution in [2.24, 2.45) is 5.73 Å².